The van der Waals surface area contributed by atoms with Gasteiger partial charge in [-0.25, -0.2) is 4.98 Å². The number of hydrogen-bond donors (Lipinski definition) is 2. The van der Waals surface area contributed by atoms with E-state index in [4.69, 9.17) is 16.6 Å². The summed E-state index contributed by atoms with van der Waals surface area (Å²) in [5, 5.41) is 14.1. The van der Waals surface area contributed by atoms with E-state index >= 15 is 0 Å². The van der Waals surface area contributed by atoms with E-state index in [0.717, 1.165) is 48.4 Å². The molecule has 4 aliphatic rings. The molecule has 0 aromatic carbocycles. The van der Waals surface area contributed by atoms with Crippen molar-refractivity contribution in [3.8, 4) is 0 Å². The summed E-state index contributed by atoms with van der Waals surface area (Å²) in [4.78, 5) is 21.9. The molecule has 5 unspecified atom stereocenters. The molecule has 1 aromatic rings. The lowest BCUT2D eigenvalue weighted by Crippen LogP contribution is -2.48. The molecule has 2 fully saturated rings. The van der Waals surface area contributed by atoms with Gasteiger partial charge in [-0.3, -0.25) is 14.6 Å². The van der Waals surface area contributed by atoms with Crippen LogP contribution in [0, 0.1) is 18.8 Å². The van der Waals surface area contributed by atoms with E-state index in [1.807, 2.05) is 0 Å². The number of allylic oxidation sites excluding steroid dienone is 1. The fourth-order valence-corrected chi connectivity index (χ4v) is 9.13. The van der Waals surface area contributed by atoms with Gasteiger partial charge in [-0.05, 0) is 50.9 Å². The molecule has 7 nitrogen and oxygen atoms in total. The number of rotatable bonds is 8. The third-order valence-electron chi connectivity index (χ3n) is 9.10. The van der Waals surface area contributed by atoms with E-state index in [0.29, 0.717) is 29.3 Å². The molecule has 9 heteroatoms. The van der Waals surface area contributed by atoms with Crippen molar-refractivity contribution in [1.29, 1.82) is 0 Å². The molecule has 1 aromatic heterocycles. The zero-order chi connectivity index (χ0) is 26.4. The van der Waals surface area contributed by atoms with Crippen LogP contribution in [0.5, 0.6) is 0 Å². The van der Waals surface area contributed by atoms with Crippen molar-refractivity contribution in [2.24, 2.45) is 11.8 Å². The third-order valence-corrected chi connectivity index (χ3v) is 10.9. The monoisotopic (exact) mass is 549 g/mol. The second-order valence-corrected chi connectivity index (χ2v) is 13.9. The van der Waals surface area contributed by atoms with Crippen LogP contribution in [0.3, 0.4) is 0 Å². The van der Waals surface area contributed by atoms with Crippen LogP contribution in [0.15, 0.2) is 10.4 Å². The first-order chi connectivity index (χ1) is 17.6. The minimum absolute atomic E-state index is 0.0438. The van der Waals surface area contributed by atoms with Crippen LogP contribution in [-0.2, 0) is 17.8 Å². The standard InChI is InChI=1S/C28H44ClN5O2S/c1-16(2)28(36)32-10-9-25-24(15-32)30-18(4)34(25)22-13-20-6-7-21(14-22)33(20)11-8-23(31-19(5)35)27-17(3)12-26(29)37-27/h12,16-17,20-23,27-28,36H,6-11,13-15H2,1-5H3,(H,31,35)/t17?,20?,21?,22?,23-,27?,28?/m0/s1. The van der Waals surface area contributed by atoms with E-state index in [1.54, 1.807) is 18.7 Å². The van der Waals surface area contributed by atoms with E-state index in [-0.39, 0.29) is 17.9 Å². The summed E-state index contributed by atoms with van der Waals surface area (Å²) in [5.74, 6) is 1.76. The van der Waals surface area contributed by atoms with Crippen molar-refractivity contribution < 1.29 is 9.90 Å². The number of aliphatic hydroxyl groups excluding tert-OH is 1. The number of amides is 1. The largest absolute Gasteiger partial charge is 0.378 e. The molecule has 0 spiro atoms. The van der Waals surface area contributed by atoms with Crippen LogP contribution in [0.1, 0.15) is 83.1 Å². The highest BCUT2D eigenvalue weighted by atomic mass is 35.5. The Balaban J connectivity index is 1.24. The van der Waals surface area contributed by atoms with E-state index in [9.17, 15) is 9.90 Å². The highest BCUT2D eigenvalue weighted by molar-refractivity contribution is 8.05. The molecule has 37 heavy (non-hydrogen) atoms. The fourth-order valence-electron chi connectivity index (χ4n) is 7.41. The van der Waals surface area contributed by atoms with E-state index in [2.05, 4.69) is 53.5 Å². The van der Waals surface area contributed by atoms with Crippen LogP contribution in [0.4, 0.5) is 0 Å². The molecule has 4 aliphatic heterocycles. The number of aliphatic hydroxyl groups is 1. The van der Waals surface area contributed by atoms with Gasteiger partial charge in [0, 0.05) is 68.1 Å². The number of thioether (sulfide) groups is 1. The van der Waals surface area contributed by atoms with Crippen molar-refractivity contribution in [2.45, 2.75) is 115 Å². The molecule has 2 bridgehead atoms. The highest BCUT2D eigenvalue weighted by Crippen LogP contribution is 2.44. The maximum atomic E-state index is 12.0. The summed E-state index contributed by atoms with van der Waals surface area (Å²) < 4.78 is 3.41. The van der Waals surface area contributed by atoms with Gasteiger partial charge in [-0.2, -0.15) is 0 Å². The number of carbonyl (C=O) groups is 1. The number of piperidine rings is 1. The van der Waals surface area contributed by atoms with E-state index < -0.39 is 6.23 Å². The first-order valence-electron chi connectivity index (χ1n) is 14.2. The van der Waals surface area contributed by atoms with Crippen molar-refractivity contribution in [1.82, 2.24) is 24.7 Å². The molecule has 0 radical (unpaired) electrons. The Labute approximate surface area is 231 Å². The Morgan fingerprint density at radius 2 is 1.97 bits per heavy atom. The summed E-state index contributed by atoms with van der Waals surface area (Å²) in [5.41, 5.74) is 2.55. The minimum atomic E-state index is -0.406. The number of hydrogen-bond acceptors (Lipinski definition) is 6. The molecule has 2 saturated heterocycles. The average Bonchev–Trinajstić information content (AvgIpc) is 3.43. The van der Waals surface area contributed by atoms with Gasteiger partial charge in [0.2, 0.25) is 5.91 Å². The Hall–Kier alpha value is -1.06. The van der Waals surface area contributed by atoms with Crippen molar-refractivity contribution >= 4 is 29.3 Å². The zero-order valence-corrected chi connectivity index (χ0v) is 24.6. The highest BCUT2D eigenvalue weighted by Gasteiger charge is 2.43. The van der Waals surface area contributed by atoms with Gasteiger partial charge in [0.05, 0.1) is 10.1 Å². The summed E-state index contributed by atoms with van der Waals surface area (Å²) in [6.45, 7) is 12.8. The van der Waals surface area contributed by atoms with Gasteiger partial charge >= 0.3 is 0 Å². The molecule has 0 saturated carbocycles. The van der Waals surface area contributed by atoms with Gasteiger partial charge in [0.25, 0.3) is 0 Å². The normalized spacial score (nSPS) is 31.9. The summed E-state index contributed by atoms with van der Waals surface area (Å²) in [6, 6.07) is 1.83. The predicted octanol–water partition coefficient (Wildman–Crippen LogP) is 4.42. The van der Waals surface area contributed by atoms with Crippen LogP contribution >= 0.6 is 23.4 Å². The lowest BCUT2D eigenvalue weighted by Gasteiger charge is -2.41. The topological polar surface area (TPSA) is 73.6 Å². The molecule has 5 heterocycles. The summed E-state index contributed by atoms with van der Waals surface area (Å²) in [6.07, 6.45) is 8.51. The minimum Gasteiger partial charge on any atom is -0.378 e. The number of fused-ring (bicyclic) bond motifs is 3. The number of nitrogens with zero attached hydrogens (tertiary/aromatic N) is 4. The molecule has 0 aliphatic carbocycles. The first kappa shape index (κ1) is 27.5. The van der Waals surface area contributed by atoms with Gasteiger partial charge in [-0.15, -0.1) is 11.8 Å². The van der Waals surface area contributed by atoms with Crippen molar-refractivity contribution in [3.63, 3.8) is 0 Å². The smallest absolute Gasteiger partial charge is 0.217 e. The second-order valence-electron chi connectivity index (χ2n) is 12.1. The number of nitrogens with one attached hydrogen (secondary N) is 1. The maximum absolute atomic E-state index is 12.0. The third kappa shape index (κ3) is 5.65. The predicted molar refractivity (Wildman–Crippen MR) is 150 cm³/mol. The summed E-state index contributed by atoms with van der Waals surface area (Å²) >= 11 is 8.04. The second kappa shape index (κ2) is 11.2. The number of aromatic nitrogens is 2. The van der Waals surface area contributed by atoms with Gasteiger partial charge in [0.1, 0.15) is 12.1 Å². The average molecular weight is 550 g/mol. The molecule has 206 valence electrons. The molecule has 2 N–H and O–H groups in total. The first-order valence-corrected chi connectivity index (χ1v) is 15.4. The van der Waals surface area contributed by atoms with E-state index in [1.165, 1.54) is 31.4 Å². The quantitative estimate of drug-likeness (QED) is 0.500. The maximum Gasteiger partial charge on any atom is 0.217 e. The number of aryl methyl sites for hydroxylation is 1. The van der Waals surface area contributed by atoms with Gasteiger partial charge < -0.3 is 15.0 Å². The van der Waals surface area contributed by atoms with Crippen LogP contribution in [-0.4, -0.2) is 73.1 Å². The Morgan fingerprint density at radius 1 is 1.27 bits per heavy atom. The fraction of sp³-hybridized carbons (Fsp3) is 0.786. The van der Waals surface area contributed by atoms with Crippen molar-refractivity contribution in [2.75, 3.05) is 13.1 Å². The molecule has 6 atom stereocenters. The van der Waals surface area contributed by atoms with Crippen molar-refractivity contribution in [3.05, 3.63) is 27.7 Å². The van der Waals surface area contributed by atoms with Crippen LogP contribution in [0.25, 0.3) is 0 Å². The Bertz CT molecular complexity index is 1010. The van der Waals surface area contributed by atoms with Gasteiger partial charge in [-0.1, -0.05) is 38.4 Å². The van der Waals surface area contributed by atoms with Gasteiger partial charge in [0.15, 0.2) is 0 Å². The Morgan fingerprint density at radius 3 is 2.57 bits per heavy atom. The lowest BCUT2D eigenvalue weighted by molar-refractivity contribution is -0.119. The number of halogens is 1. The molecular weight excluding hydrogens is 506 g/mol. The number of carbonyl (C=O) groups excluding carboxylic acids is 1. The molecular formula is C28H44ClN5O2S. The lowest BCUT2D eigenvalue weighted by atomic mass is 9.94. The van der Waals surface area contributed by atoms with Crippen LogP contribution < -0.4 is 5.32 Å². The zero-order valence-electron chi connectivity index (χ0n) is 23.0. The SMILES string of the molecule is CC(=O)N[C@@H](CCN1C2CCC1CC(n1c(C)nc3c1CCN(C(O)C(C)C)C3)C2)C1SC(Cl)=CC1C. The van der Waals surface area contributed by atoms with Crippen LogP contribution in [0.2, 0.25) is 0 Å². The Kier molecular flexibility index (Phi) is 8.33. The summed E-state index contributed by atoms with van der Waals surface area (Å²) in [7, 11) is 0. The molecule has 5 rings (SSSR count). The number of imidazole rings is 1. The molecule has 1 amide bonds.